The standard InChI is InChI=1S/C18H15N5OS2/c1-12-6-5-9-23-15(24)10-14(19-16(12)23)11-25-18-22-21-17(26-18)20-13-7-3-2-4-8-13/h2-10H,11H2,1H3,(H,20,21). The maximum Gasteiger partial charge on any atom is 0.258 e. The monoisotopic (exact) mass is 381 g/mol. The number of aryl methyl sites for hydroxylation is 1. The Morgan fingerprint density at radius 2 is 2.00 bits per heavy atom. The second kappa shape index (κ2) is 7.27. The number of para-hydroxylation sites is 1. The van der Waals surface area contributed by atoms with Crippen LogP contribution in [0.15, 0.2) is 63.9 Å². The van der Waals surface area contributed by atoms with E-state index in [9.17, 15) is 4.79 Å². The molecule has 0 aliphatic rings. The number of nitrogens with one attached hydrogen (secondary N) is 1. The van der Waals surface area contributed by atoms with Crippen LogP contribution in [0.2, 0.25) is 0 Å². The van der Waals surface area contributed by atoms with Gasteiger partial charge in [0.1, 0.15) is 5.65 Å². The van der Waals surface area contributed by atoms with E-state index in [4.69, 9.17) is 0 Å². The van der Waals surface area contributed by atoms with Crippen molar-refractivity contribution in [2.45, 2.75) is 17.0 Å². The fourth-order valence-electron chi connectivity index (χ4n) is 2.48. The van der Waals surface area contributed by atoms with Crippen molar-refractivity contribution in [2.75, 3.05) is 5.32 Å². The number of hydrogen-bond acceptors (Lipinski definition) is 7. The molecular weight excluding hydrogens is 366 g/mol. The molecule has 1 aromatic carbocycles. The van der Waals surface area contributed by atoms with Gasteiger partial charge in [-0.25, -0.2) is 4.98 Å². The van der Waals surface area contributed by atoms with Crippen molar-refractivity contribution in [2.24, 2.45) is 0 Å². The van der Waals surface area contributed by atoms with Crippen LogP contribution >= 0.6 is 23.1 Å². The molecule has 0 unspecified atom stereocenters. The summed E-state index contributed by atoms with van der Waals surface area (Å²) < 4.78 is 2.39. The van der Waals surface area contributed by atoms with Crippen molar-refractivity contribution >= 4 is 39.6 Å². The van der Waals surface area contributed by atoms with Crippen LogP contribution in [0.3, 0.4) is 0 Å². The molecule has 0 atom stereocenters. The molecule has 0 fully saturated rings. The Hall–Kier alpha value is -2.71. The van der Waals surface area contributed by atoms with E-state index < -0.39 is 0 Å². The summed E-state index contributed by atoms with van der Waals surface area (Å²) in [6.07, 6.45) is 1.74. The van der Waals surface area contributed by atoms with Crippen molar-refractivity contribution in [1.82, 2.24) is 19.6 Å². The third kappa shape index (κ3) is 3.61. The molecule has 4 rings (SSSR count). The predicted molar refractivity (Wildman–Crippen MR) is 105 cm³/mol. The molecule has 0 saturated carbocycles. The van der Waals surface area contributed by atoms with Gasteiger partial charge >= 0.3 is 0 Å². The maximum atomic E-state index is 12.2. The number of rotatable bonds is 5. The highest BCUT2D eigenvalue weighted by atomic mass is 32.2. The first kappa shape index (κ1) is 16.7. The second-order valence-corrected chi connectivity index (χ2v) is 7.82. The van der Waals surface area contributed by atoms with Crippen molar-refractivity contribution in [3.05, 3.63) is 76.3 Å². The fraction of sp³-hybridized carbons (Fsp3) is 0.111. The van der Waals surface area contributed by atoms with Crippen molar-refractivity contribution in [1.29, 1.82) is 0 Å². The van der Waals surface area contributed by atoms with E-state index in [2.05, 4.69) is 20.5 Å². The quantitative estimate of drug-likeness (QED) is 0.529. The molecule has 0 amide bonds. The third-order valence-electron chi connectivity index (χ3n) is 3.71. The summed E-state index contributed by atoms with van der Waals surface area (Å²) in [5.74, 6) is 0.569. The van der Waals surface area contributed by atoms with Crippen LogP contribution < -0.4 is 10.9 Å². The first-order chi connectivity index (χ1) is 12.7. The Morgan fingerprint density at radius 1 is 1.15 bits per heavy atom. The van der Waals surface area contributed by atoms with Gasteiger partial charge in [-0.3, -0.25) is 9.20 Å². The molecule has 0 radical (unpaired) electrons. The highest BCUT2D eigenvalue weighted by Gasteiger charge is 2.08. The molecule has 130 valence electrons. The molecule has 1 N–H and O–H groups in total. The molecule has 0 aliphatic heterocycles. The zero-order valence-corrected chi connectivity index (χ0v) is 15.5. The Bertz CT molecular complexity index is 1110. The van der Waals surface area contributed by atoms with E-state index in [1.54, 1.807) is 16.7 Å². The van der Waals surface area contributed by atoms with Crippen LogP contribution in [0, 0.1) is 6.92 Å². The number of nitrogens with zero attached hydrogens (tertiary/aromatic N) is 4. The molecule has 8 heteroatoms. The lowest BCUT2D eigenvalue weighted by Crippen LogP contribution is -2.15. The number of hydrogen-bond donors (Lipinski definition) is 1. The first-order valence-corrected chi connectivity index (χ1v) is 9.75. The topological polar surface area (TPSA) is 72.2 Å². The van der Waals surface area contributed by atoms with E-state index in [0.717, 1.165) is 26.4 Å². The maximum absolute atomic E-state index is 12.2. The van der Waals surface area contributed by atoms with E-state index in [1.807, 2.05) is 49.4 Å². The smallest absolute Gasteiger partial charge is 0.258 e. The van der Waals surface area contributed by atoms with E-state index >= 15 is 0 Å². The molecule has 3 aromatic heterocycles. The van der Waals surface area contributed by atoms with Crippen LogP contribution in [0.1, 0.15) is 11.3 Å². The minimum absolute atomic E-state index is 0.0713. The number of fused-ring (bicyclic) bond motifs is 1. The van der Waals surface area contributed by atoms with Gasteiger partial charge in [0.25, 0.3) is 5.56 Å². The normalized spacial score (nSPS) is 11.0. The van der Waals surface area contributed by atoms with Gasteiger partial charge in [-0.15, -0.1) is 10.2 Å². The van der Waals surface area contributed by atoms with Gasteiger partial charge in [0.15, 0.2) is 4.34 Å². The van der Waals surface area contributed by atoms with Crippen molar-refractivity contribution in [3.63, 3.8) is 0 Å². The van der Waals surface area contributed by atoms with Crippen molar-refractivity contribution < 1.29 is 0 Å². The highest BCUT2D eigenvalue weighted by Crippen LogP contribution is 2.29. The lowest BCUT2D eigenvalue weighted by atomic mass is 10.3. The van der Waals surface area contributed by atoms with Crippen LogP contribution in [-0.4, -0.2) is 19.6 Å². The highest BCUT2D eigenvalue weighted by molar-refractivity contribution is 8.00. The zero-order valence-electron chi connectivity index (χ0n) is 13.9. The Labute approximate surface area is 158 Å². The lowest BCUT2D eigenvalue weighted by Gasteiger charge is -2.05. The van der Waals surface area contributed by atoms with E-state index in [0.29, 0.717) is 11.4 Å². The SMILES string of the molecule is Cc1cccn2c(=O)cc(CSc3nnc(Nc4ccccc4)s3)nc12. The molecule has 26 heavy (non-hydrogen) atoms. The third-order valence-corrected chi connectivity index (χ3v) is 5.72. The number of aromatic nitrogens is 4. The summed E-state index contributed by atoms with van der Waals surface area (Å²) >= 11 is 3.00. The minimum Gasteiger partial charge on any atom is -0.330 e. The van der Waals surface area contributed by atoms with Crippen LogP contribution in [0.4, 0.5) is 10.8 Å². The molecule has 0 saturated heterocycles. The van der Waals surface area contributed by atoms with Crippen molar-refractivity contribution in [3.8, 4) is 0 Å². The Morgan fingerprint density at radius 3 is 2.85 bits per heavy atom. The predicted octanol–water partition coefficient (Wildman–Crippen LogP) is 3.89. The number of benzene rings is 1. The van der Waals surface area contributed by atoms with Gasteiger partial charge in [0, 0.05) is 23.7 Å². The largest absolute Gasteiger partial charge is 0.330 e. The van der Waals surface area contributed by atoms with Gasteiger partial charge in [-0.2, -0.15) is 0 Å². The molecule has 0 aliphatic carbocycles. The van der Waals surface area contributed by atoms with Gasteiger partial charge < -0.3 is 5.32 Å². The van der Waals surface area contributed by atoms with Gasteiger partial charge in [0.05, 0.1) is 5.69 Å². The number of pyridine rings is 1. The number of thioether (sulfide) groups is 1. The average molecular weight is 381 g/mol. The molecular formula is C18H15N5OS2. The van der Waals surface area contributed by atoms with Gasteiger partial charge in [0.2, 0.25) is 5.13 Å². The summed E-state index contributed by atoms with van der Waals surface area (Å²) in [5, 5.41) is 12.3. The molecule has 0 spiro atoms. The van der Waals surface area contributed by atoms with E-state index in [-0.39, 0.29) is 5.56 Å². The fourth-order valence-corrected chi connectivity index (χ4v) is 4.15. The molecule has 3 heterocycles. The molecule has 0 bridgehead atoms. The summed E-state index contributed by atoms with van der Waals surface area (Å²) in [5.41, 5.74) is 3.31. The van der Waals surface area contributed by atoms with Gasteiger partial charge in [-0.05, 0) is 30.7 Å². The zero-order chi connectivity index (χ0) is 17.9. The first-order valence-electron chi connectivity index (χ1n) is 7.95. The van der Waals surface area contributed by atoms with Crippen LogP contribution in [-0.2, 0) is 5.75 Å². The van der Waals surface area contributed by atoms with Crippen LogP contribution in [0.5, 0.6) is 0 Å². The second-order valence-electron chi connectivity index (χ2n) is 5.62. The van der Waals surface area contributed by atoms with Crippen LogP contribution in [0.25, 0.3) is 5.65 Å². The lowest BCUT2D eigenvalue weighted by molar-refractivity contribution is 0.994. The summed E-state index contributed by atoms with van der Waals surface area (Å²) in [6, 6.07) is 15.2. The average Bonchev–Trinajstić information content (AvgIpc) is 3.09. The number of anilines is 2. The Kier molecular flexibility index (Phi) is 4.68. The Balaban J connectivity index is 1.49. The summed E-state index contributed by atoms with van der Waals surface area (Å²) in [6.45, 7) is 1.95. The molecule has 4 aromatic rings. The van der Waals surface area contributed by atoms with Gasteiger partial charge in [-0.1, -0.05) is 47.4 Å². The summed E-state index contributed by atoms with van der Waals surface area (Å²) in [4.78, 5) is 16.9. The minimum atomic E-state index is -0.0713. The van der Waals surface area contributed by atoms with E-state index in [1.165, 1.54) is 23.1 Å². The summed E-state index contributed by atoms with van der Waals surface area (Å²) in [7, 11) is 0. The molecule has 6 nitrogen and oxygen atoms in total.